The van der Waals surface area contributed by atoms with Gasteiger partial charge in [0.15, 0.2) is 5.65 Å². The highest BCUT2D eigenvalue weighted by Gasteiger charge is 2.05. The van der Waals surface area contributed by atoms with E-state index in [-0.39, 0.29) is 0 Å². The number of nitrogens with zero attached hydrogens (tertiary/aromatic N) is 3. The van der Waals surface area contributed by atoms with Gasteiger partial charge in [-0.25, -0.2) is 8.78 Å². The molecule has 0 aliphatic rings. The van der Waals surface area contributed by atoms with E-state index in [2.05, 4.69) is 10.2 Å². The van der Waals surface area contributed by atoms with Crippen LogP contribution < -0.4 is 0 Å². The maximum absolute atomic E-state index is 13.5. The molecule has 96 valence electrons. The molecule has 0 N–H and O–H groups in total. The van der Waals surface area contributed by atoms with Gasteiger partial charge in [0.2, 0.25) is 0 Å². The molecule has 3 nitrogen and oxygen atoms in total. The van der Waals surface area contributed by atoms with E-state index in [1.54, 1.807) is 6.33 Å². The first kappa shape index (κ1) is 11.8. The summed E-state index contributed by atoms with van der Waals surface area (Å²) in [5.41, 5.74) is 2.35. The predicted molar refractivity (Wildman–Crippen MR) is 66.8 cm³/mol. The lowest BCUT2D eigenvalue weighted by molar-refractivity contribution is 0.571. The Morgan fingerprint density at radius 1 is 1.05 bits per heavy atom. The van der Waals surface area contributed by atoms with Crippen molar-refractivity contribution in [1.29, 1.82) is 0 Å². The topological polar surface area (TPSA) is 30.2 Å². The first-order chi connectivity index (χ1) is 9.22. The molecule has 0 saturated carbocycles. The van der Waals surface area contributed by atoms with Crippen molar-refractivity contribution in [3.63, 3.8) is 0 Å². The lowest BCUT2D eigenvalue weighted by Gasteiger charge is -2.04. The normalized spacial score (nSPS) is 11.1. The molecule has 2 heterocycles. The van der Waals surface area contributed by atoms with Crippen LogP contribution in [0.15, 0.2) is 42.9 Å². The second kappa shape index (κ2) is 4.76. The number of halogens is 2. The van der Waals surface area contributed by atoms with Gasteiger partial charge in [-0.05, 0) is 36.1 Å². The van der Waals surface area contributed by atoms with Gasteiger partial charge in [0, 0.05) is 12.3 Å². The molecule has 0 saturated heterocycles. The SMILES string of the molecule is Fc1ccc(CCc2ccc3nncn3c2)c(F)c1. The van der Waals surface area contributed by atoms with Gasteiger partial charge in [-0.2, -0.15) is 0 Å². The molecule has 3 aromatic rings. The molecule has 0 bridgehead atoms. The minimum atomic E-state index is -0.549. The van der Waals surface area contributed by atoms with E-state index < -0.39 is 11.6 Å². The number of aryl methyl sites for hydroxylation is 2. The van der Waals surface area contributed by atoms with Crippen LogP contribution in [-0.2, 0) is 12.8 Å². The molecule has 5 heteroatoms. The summed E-state index contributed by atoms with van der Waals surface area (Å²) in [6, 6.07) is 7.48. The third-order valence-corrected chi connectivity index (χ3v) is 3.05. The van der Waals surface area contributed by atoms with Crippen molar-refractivity contribution in [3.05, 3.63) is 65.6 Å². The van der Waals surface area contributed by atoms with Gasteiger partial charge in [0.05, 0.1) is 0 Å². The Balaban J connectivity index is 1.77. The smallest absolute Gasteiger partial charge is 0.160 e. The van der Waals surface area contributed by atoms with Crippen molar-refractivity contribution in [1.82, 2.24) is 14.6 Å². The minimum Gasteiger partial charge on any atom is -0.289 e. The van der Waals surface area contributed by atoms with Crippen LogP contribution in [0.5, 0.6) is 0 Å². The first-order valence-electron chi connectivity index (χ1n) is 5.94. The second-order valence-electron chi connectivity index (χ2n) is 4.37. The molecule has 2 aromatic heterocycles. The van der Waals surface area contributed by atoms with E-state index in [0.717, 1.165) is 17.3 Å². The Hall–Kier alpha value is -2.30. The van der Waals surface area contributed by atoms with Crippen LogP contribution in [0.2, 0.25) is 0 Å². The molecule has 0 radical (unpaired) electrons. The molecular weight excluding hydrogens is 248 g/mol. The molecule has 0 atom stereocenters. The van der Waals surface area contributed by atoms with Gasteiger partial charge >= 0.3 is 0 Å². The number of rotatable bonds is 3. The average molecular weight is 259 g/mol. The van der Waals surface area contributed by atoms with E-state index in [1.165, 1.54) is 12.1 Å². The zero-order chi connectivity index (χ0) is 13.2. The van der Waals surface area contributed by atoms with Gasteiger partial charge in [-0.15, -0.1) is 10.2 Å². The van der Waals surface area contributed by atoms with Gasteiger partial charge < -0.3 is 0 Å². The fraction of sp³-hybridized carbons (Fsp3) is 0.143. The van der Waals surface area contributed by atoms with E-state index in [1.807, 2.05) is 22.7 Å². The first-order valence-corrected chi connectivity index (χ1v) is 5.94. The summed E-state index contributed by atoms with van der Waals surface area (Å²) < 4.78 is 28.1. The van der Waals surface area contributed by atoms with Gasteiger partial charge in [0.1, 0.15) is 18.0 Å². The zero-order valence-corrected chi connectivity index (χ0v) is 10.1. The van der Waals surface area contributed by atoms with Crippen LogP contribution >= 0.6 is 0 Å². The molecule has 0 spiro atoms. The monoisotopic (exact) mass is 259 g/mol. The van der Waals surface area contributed by atoms with Crippen molar-refractivity contribution in [2.75, 3.05) is 0 Å². The highest BCUT2D eigenvalue weighted by molar-refractivity contribution is 5.38. The van der Waals surface area contributed by atoms with Gasteiger partial charge in [-0.3, -0.25) is 4.40 Å². The Morgan fingerprint density at radius 2 is 1.95 bits per heavy atom. The third-order valence-electron chi connectivity index (χ3n) is 3.05. The maximum Gasteiger partial charge on any atom is 0.160 e. The van der Waals surface area contributed by atoms with Crippen molar-refractivity contribution in [3.8, 4) is 0 Å². The molecule has 0 aliphatic carbocycles. The average Bonchev–Trinajstić information content (AvgIpc) is 2.85. The van der Waals surface area contributed by atoms with Crippen LogP contribution in [-0.4, -0.2) is 14.6 Å². The molecule has 0 amide bonds. The number of pyridine rings is 1. The molecule has 1 aromatic carbocycles. The van der Waals surface area contributed by atoms with Crippen molar-refractivity contribution in [2.24, 2.45) is 0 Å². The van der Waals surface area contributed by atoms with Crippen LogP contribution in [0.1, 0.15) is 11.1 Å². The Labute approximate surface area is 108 Å². The summed E-state index contributed by atoms with van der Waals surface area (Å²) in [6.45, 7) is 0. The van der Waals surface area contributed by atoms with Crippen molar-refractivity contribution < 1.29 is 8.78 Å². The molecule has 19 heavy (non-hydrogen) atoms. The number of fused-ring (bicyclic) bond motifs is 1. The van der Waals surface area contributed by atoms with Crippen LogP contribution in [0, 0.1) is 11.6 Å². The standard InChI is InChI=1S/C14H11F2N3/c15-12-5-4-11(13(16)7-12)3-1-10-2-6-14-18-17-9-19(14)8-10/h2,4-9H,1,3H2. The third kappa shape index (κ3) is 2.45. The number of benzene rings is 1. The van der Waals surface area contributed by atoms with Gasteiger partial charge in [-0.1, -0.05) is 12.1 Å². The number of hydrogen-bond acceptors (Lipinski definition) is 2. The highest BCUT2D eigenvalue weighted by atomic mass is 19.1. The molecule has 0 unspecified atom stereocenters. The summed E-state index contributed by atoms with van der Waals surface area (Å²) in [5.74, 6) is -1.04. The summed E-state index contributed by atoms with van der Waals surface area (Å²) in [5, 5.41) is 7.71. The van der Waals surface area contributed by atoms with Crippen molar-refractivity contribution >= 4 is 5.65 Å². The van der Waals surface area contributed by atoms with E-state index in [4.69, 9.17) is 0 Å². The predicted octanol–water partition coefficient (Wildman–Crippen LogP) is 2.79. The fourth-order valence-electron chi connectivity index (χ4n) is 2.02. The number of aromatic nitrogens is 3. The van der Waals surface area contributed by atoms with Crippen molar-refractivity contribution in [2.45, 2.75) is 12.8 Å². The van der Waals surface area contributed by atoms with E-state index in [0.29, 0.717) is 18.4 Å². The summed E-state index contributed by atoms with van der Waals surface area (Å²) in [6.07, 6.45) is 4.74. The minimum absolute atomic E-state index is 0.495. The van der Waals surface area contributed by atoms with Crippen LogP contribution in [0.3, 0.4) is 0 Å². The summed E-state index contributed by atoms with van der Waals surface area (Å²) in [4.78, 5) is 0. The molecule has 3 rings (SSSR count). The molecule has 0 fully saturated rings. The fourth-order valence-corrected chi connectivity index (χ4v) is 2.02. The van der Waals surface area contributed by atoms with Gasteiger partial charge in [0.25, 0.3) is 0 Å². The Morgan fingerprint density at radius 3 is 2.79 bits per heavy atom. The van der Waals surface area contributed by atoms with Crippen LogP contribution in [0.25, 0.3) is 5.65 Å². The zero-order valence-electron chi connectivity index (χ0n) is 10.1. The Bertz CT molecular complexity index is 722. The largest absolute Gasteiger partial charge is 0.289 e. The quantitative estimate of drug-likeness (QED) is 0.724. The summed E-state index contributed by atoms with van der Waals surface area (Å²) >= 11 is 0. The van der Waals surface area contributed by atoms with E-state index in [9.17, 15) is 8.78 Å². The second-order valence-corrected chi connectivity index (χ2v) is 4.37. The van der Waals surface area contributed by atoms with E-state index >= 15 is 0 Å². The molecular formula is C14H11F2N3. The summed E-state index contributed by atoms with van der Waals surface area (Å²) in [7, 11) is 0. The number of hydrogen-bond donors (Lipinski definition) is 0. The lowest BCUT2D eigenvalue weighted by atomic mass is 10.1. The lowest BCUT2D eigenvalue weighted by Crippen LogP contribution is -1.97. The highest BCUT2D eigenvalue weighted by Crippen LogP contribution is 2.13. The van der Waals surface area contributed by atoms with Crippen LogP contribution in [0.4, 0.5) is 8.78 Å². The Kier molecular flexibility index (Phi) is 2.95. The molecule has 0 aliphatic heterocycles. The maximum atomic E-state index is 13.5.